The Morgan fingerprint density at radius 1 is 1.09 bits per heavy atom. The van der Waals surface area contributed by atoms with Gasteiger partial charge in [-0.1, -0.05) is 51.8 Å². The number of hydrogen-bond donors (Lipinski definition) is 0. The smallest absolute Gasteiger partial charge is 0.358 e. The van der Waals surface area contributed by atoms with E-state index in [4.69, 9.17) is 0 Å². The van der Waals surface area contributed by atoms with Gasteiger partial charge < -0.3 is 4.90 Å². The molecule has 0 amide bonds. The van der Waals surface area contributed by atoms with Crippen LogP contribution in [0.4, 0.5) is 30.7 Å². The molecule has 0 saturated heterocycles. The predicted molar refractivity (Wildman–Crippen MR) is 75.1 cm³/mol. The SMILES string of the molecule is CCCN1C(C(F)(C(F)(F)F)C(F)(F)F)=CC(C)[C](Br)C1Br. The van der Waals surface area contributed by atoms with Crippen LogP contribution in [0.25, 0.3) is 0 Å². The third kappa shape index (κ3) is 3.27. The van der Waals surface area contributed by atoms with Gasteiger partial charge in [-0.15, -0.1) is 0 Å². The molecule has 1 nitrogen and oxygen atoms in total. The van der Waals surface area contributed by atoms with E-state index < -0.39 is 34.6 Å². The Hall–Kier alpha value is 0.01000. The number of allylic oxidation sites excluding steroid dienone is 2. The van der Waals surface area contributed by atoms with Gasteiger partial charge in [-0.2, -0.15) is 26.3 Å². The van der Waals surface area contributed by atoms with Crippen molar-refractivity contribution in [2.24, 2.45) is 5.92 Å². The molecule has 2 atom stereocenters. The Labute approximate surface area is 140 Å². The van der Waals surface area contributed by atoms with Gasteiger partial charge in [-0.25, -0.2) is 4.39 Å². The minimum absolute atomic E-state index is 0.165. The summed E-state index contributed by atoms with van der Waals surface area (Å²) in [7, 11) is 0. The molecule has 10 heteroatoms. The summed E-state index contributed by atoms with van der Waals surface area (Å²) in [6.45, 7) is 2.79. The van der Waals surface area contributed by atoms with Crippen molar-refractivity contribution in [3.05, 3.63) is 16.6 Å². The molecule has 0 fully saturated rings. The minimum Gasteiger partial charge on any atom is -0.358 e. The highest BCUT2D eigenvalue weighted by atomic mass is 79.9. The number of nitrogens with zero attached hydrogens (tertiary/aromatic N) is 1. The van der Waals surface area contributed by atoms with Crippen molar-refractivity contribution in [3.8, 4) is 0 Å². The van der Waals surface area contributed by atoms with Crippen molar-refractivity contribution < 1.29 is 30.7 Å². The molecule has 1 heterocycles. The second kappa shape index (κ2) is 6.49. The molecule has 1 aliphatic rings. The van der Waals surface area contributed by atoms with E-state index in [1.54, 1.807) is 6.92 Å². The van der Waals surface area contributed by atoms with Crippen molar-refractivity contribution in [1.82, 2.24) is 4.90 Å². The van der Waals surface area contributed by atoms with Crippen molar-refractivity contribution in [1.29, 1.82) is 0 Å². The summed E-state index contributed by atoms with van der Waals surface area (Å²) >= 11 is 6.15. The van der Waals surface area contributed by atoms with Crippen LogP contribution in [-0.2, 0) is 0 Å². The fourth-order valence-corrected chi connectivity index (χ4v) is 3.36. The van der Waals surface area contributed by atoms with Gasteiger partial charge in [0.1, 0.15) is 4.95 Å². The summed E-state index contributed by atoms with van der Waals surface area (Å²) in [5.74, 6) is -0.799. The third-order valence-electron chi connectivity index (χ3n) is 3.25. The molecule has 0 bridgehead atoms. The number of hydrogen-bond acceptors (Lipinski definition) is 1. The average molecular weight is 464 g/mol. The fourth-order valence-electron chi connectivity index (χ4n) is 2.14. The van der Waals surface area contributed by atoms with E-state index in [-0.39, 0.29) is 13.0 Å². The normalized spacial score (nSPS) is 25.4. The average Bonchev–Trinajstić information content (AvgIpc) is 2.35. The van der Waals surface area contributed by atoms with Gasteiger partial charge in [-0.3, -0.25) is 0 Å². The van der Waals surface area contributed by atoms with E-state index in [2.05, 4.69) is 31.9 Å². The molecule has 1 aliphatic heterocycles. The lowest BCUT2D eigenvalue weighted by Crippen LogP contribution is -2.60. The second-order valence-electron chi connectivity index (χ2n) is 4.91. The molecule has 1 rings (SSSR count). The van der Waals surface area contributed by atoms with Crippen molar-refractivity contribution >= 4 is 31.9 Å². The predicted octanol–water partition coefficient (Wildman–Crippen LogP) is 5.71. The van der Waals surface area contributed by atoms with E-state index in [9.17, 15) is 30.7 Å². The van der Waals surface area contributed by atoms with Gasteiger partial charge in [0, 0.05) is 6.54 Å². The van der Waals surface area contributed by atoms with Crippen molar-refractivity contribution in [3.63, 3.8) is 0 Å². The molecule has 1 radical (unpaired) electrons. The van der Waals surface area contributed by atoms with Crippen LogP contribution in [0.5, 0.6) is 0 Å². The maximum absolute atomic E-state index is 14.3. The molecule has 0 aromatic heterocycles. The van der Waals surface area contributed by atoms with E-state index >= 15 is 0 Å². The van der Waals surface area contributed by atoms with Gasteiger partial charge in [0.2, 0.25) is 0 Å². The topological polar surface area (TPSA) is 3.24 Å². The highest BCUT2D eigenvalue weighted by Crippen LogP contribution is 2.55. The van der Waals surface area contributed by atoms with Crippen LogP contribution in [0.1, 0.15) is 20.3 Å². The minimum atomic E-state index is -6.11. The lowest BCUT2D eigenvalue weighted by Gasteiger charge is -2.45. The van der Waals surface area contributed by atoms with Crippen molar-refractivity contribution in [2.45, 2.75) is 43.2 Å². The van der Waals surface area contributed by atoms with Crippen LogP contribution >= 0.6 is 31.9 Å². The van der Waals surface area contributed by atoms with E-state index in [1.165, 1.54) is 6.92 Å². The number of rotatable bonds is 3. The van der Waals surface area contributed by atoms with Crippen LogP contribution in [0.3, 0.4) is 0 Å². The highest BCUT2D eigenvalue weighted by Gasteiger charge is 2.76. The Morgan fingerprint density at radius 2 is 1.55 bits per heavy atom. The summed E-state index contributed by atoms with van der Waals surface area (Å²) in [4.78, 5) is 0.198. The van der Waals surface area contributed by atoms with E-state index in [0.29, 0.717) is 10.9 Å². The lowest BCUT2D eigenvalue weighted by atomic mass is 9.90. The summed E-state index contributed by atoms with van der Waals surface area (Å²) in [5.41, 5.74) is -6.84. The molecule has 0 aromatic carbocycles. The molecule has 2 unspecified atom stereocenters. The van der Waals surface area contributed by atoms with Gasteiger partial charge in [0.05, 0.1) is 10.5 Å². The fraction of sp³-hybridized carbons (Fsp3) is 0.750. The van der Waals surface area contributed by atoms with Crippen LogP contribution in [0.15, 0.2) is 11.8 Å². The lowest BCUT2D eigenvalue weighted by molar-refractivity contribution is -0.331. The molecule has 0 spiro atoms. The molecule has 0 saturated carbocycles. The molecular formula is C12H13Br2F7N. The summed E-state index contributed by atoms with van der Waals surface area (Å²) in [5, 5.41) is 0. The zero-order chi connectivity index (χ0) is 17.5. The highest BCUT2D eigenvalue weighted by molar-refractivity contribution is 9.13. The van der Waals surface area contributed by atoms with Crippen LogP contribution < -0.4 is 0 Å². The Kier molecular flexibility index (Phi) is 5.91. The Balaban J connectivity index is 3.53. The maximum Gasteiger partial charge on any atom is 0.437 e. The molecule has 0 aromatic rings. The quantitative estimate of drug-likeness (QED) is 0.294. The Bertz CT molecular complexity index is 418. The molecule has 0 aliphatic carbocycles. The van der Waals surface area contributed by atoms with Gasteiger partial charge in [0.15, 0.2) is 0 Å². The molecule has 0 N–H and O–H groups in total. The largest absolute Gasteiger partial charge is 0.437 e. The van der Waals surface area contributed by atoms with E-state index in [1.807, 2.05) is 0 Å². The Morgan fingerprint density at radius 3 is 1.91 bits per heavy atom. The van der Waals surface area contributed by atoms with Gasteiger partial charge in [-0.05, 0) is 12.3 Å². The first-order valence-electron chi connectivity index (χ1n) is 6.26. The standard InChI is InChI=1S/C12H13Br2F7N/c1-3-4-22-7(5-6(2)8(13)9(22)14)10(15,11(16,17)18)12(19,20)21/h5-6,9H,3-4H2,1-2H3. The zero-order valence-corrected chi connectivity index (χ0v) is 14.7. The number of halogens is 9. The van der Waals surface area contributed by atoms with Crippen LogP contribution in [0.2, 0.25) is 0 Å². The van der Waals surface area contributed by atoms with Crippen LogP contribution in [0, 0.1) is 10.7 Å². The molecule has 129 valence electrons. The maximum atomic E-state index is 14.3. The molecule has 22 heavy (non-hydrogen) atoms. The third-order valence-corrected chi connectivity index (χ3v) is 6.01. The van der Waals surface area contributed by atoms with Crippen LogP contribution in [-0.4, -0.2) is 34.4 Å². The molecular weight excluding hydrogens is 451 g/mol. The summed E-state index contributed by atoms with van der Waals surface area (Å²) in [6.07, 6.45) is -11.3. The summed E-state index contributed by atoms with van der Waals surface area (Å²) in [6, 6.07) is 0. The summed E-state index contributed by atoms with van der Waals surface area (Å²) < 4.78 is 92.1. The van der Waals surface area contributed by atoms with E-state index in [0.717, 1.165) is 4.90 Å². The van der Waals surface area contributed by atoms with Gasteiger partial charge >= 0.3 is 18.0 Å². The van der Waals surface area contributed by atoms with Gasteiger partial charge in [0.25, 0.3) is 0 Å². The first-order valence-corrected chi connectivity index (χ1v) is 7.97. The first kappa shape index (κ1) is 20.1. The zero-order valence-electron chi connectivity index (χ0n) is 11.5. The second-order valence-corrected chi connectivity index (χ2v) is 6.69. The monoisotopic (exact) mass is 462 g/mol. The number of alkyl halides is 8. The first-order chi connectivity index (χ1) is 9.79. The van der Waals surface area contributed by atoms with Crippen molar-refractivity contribution in [2.75, 3.05) is 6.54 Å².